The summed E-state index contributed by atoms with van der Waals surface area (Å²) in [6.45, 7) is 3.51. The third-order valence-corrected chi connectivity index (χ3v) is 6.79. The van der Waals surface area contributed by atoms with Gasteiger partial charge in [0, 0.05) is 18.1 Å². The Morgan fingerprint density at radius 1 is 1.09 bits per heavy atom. The van der Waals surface area contributed by atoms with E-state index in [1.165, 1.54) is 23.1 Å². The Labute approximate surface area is 210 Å². The number of methoxy groups -OCH3 is 1. The molecule has 0 spiro atoms. The van der Waals surface area contributed by atoms with Gasteiger partial charge in [-0.2, -0.15) is 0 Å². The van der Waals surface area contributed by atoms with Crippen molar-refractivity contribution in [1.82, 2.24) is 10.2 Å². The van der Waals surface area contributed by atoms with E-state index in [-0.39, 0.29) is 28.2 Å². The molecule has 11 heteroatoms. The van der Waals surface area contributed by atoms with Crippen LogP contribution in [-0.4, -0.2) is 57.6 Å². The van der Waals surface area contributed by atoms with E-state index < -0.39 is 28.5 Å². The summed E-state index contributed by atoms with van der Waals surface area (Å²) in [5.74, 6) is -0.231. The van der Waals surface area contributed by atoms with Crippen molar-refractivity contribution in [1.29, 1.82) is 0 Å². The zero-order chi connectivity index (χ0) is 25.5. The van der Waals surface area contributed by atoms with Crippen molar-refractivity contribution in [3.63, 3.8) is 0 Å². The molecular weight excluding hydrogens is 501 g/mol. The predicted octanol–water partition coefficient (Wildman–Crippen LogP) is 3.71. The zero-order valence-corrected chi connectivity index (χ0v) is 21.9. The molecule has 0 fully saturated rings. The molecule has 186 valence electrons. The number of halogens is 2. The lowest BCUT2D eigenvalue weighted by molar-refractivity contribution is -0.140. The largest absolute Gasteiger partial charge is 0.497 e. The number of rotatable bonds is 11. The van der Waals surface area contributed by atoms with Gasteiger partial charge in [-0.25, -0.2) is 8.42 Å². The van der Waals surface area contributed by atoms with Gasteiger partial charge in [0.15, 0.2) is 0 Å². The third-order valence-electron chi connectivity index (χ3n) is 5.10. The second kappa shape index (κ2) is 12.3. The lowest BCUT2D eigenvalue weighted by Crippen LogP contribution is -2.52. The molecule has 0 aliphatic rings. The standard InChI is InChI=1S/C23H29Cl2N3O5S/c1-5-20(23(30)26-6-2)27(14-16-7-10-18(33-3)11-8-16)22(29)15-28(34(4,31)32)21-13-17(24)9-12-19(21)25/h7-13,20H,5-6,14-15H2,1-4H3,(H,26,30)/t20-/m0/s1. The molecule has 2 amide bonds. The molecule has 0 aliphatic carbocycles. The summed E-state index contributed by atoms with van der Waals surface area (Å²) in [6, 6.07) is 10.6. The number of hydrogen-bond donors (Lipinski definition) is 1. The zero-order valence-electron chi connectivity index (χ0n) is 19.5. The first-order valence-corrected chi connectivity index (χ1v) is 13.2. The highest BCUT2D eigenvalue weighted by atomic mass is 35.5. The normalized spacial score (nSPS) is 12.1. The maximum absolute atomic E-state index is 13.5. The first kappa shape index (κ1) is 27.8. The minimum Gasteiger partial charge on any atom is -0.497 e. The van der Waals surface area contributed by atoms with E-state index in [1.807, 2.05) is 0 Å². The van der Waals surface area contributed by atoms with Gasteiger partial charge in [-0.1, -0.05) is 42.3 Å². The van der Waals surface area contributed by atoms with Crippen LogP contribution in [0.15, 0.2) is 42.5 Å². The Bertz CT molecular complexity index is 1110. The van der Waals surface area contributed by atoms with Crippen molar-refractivity contribution in [2.45, 2.75) is 32.9 Å². The minimum atomic E-state index is -3.90. The number of carbonyl (C=O) groups excluding carboxylic acids is 2. The molecule has 0 saturated heterocycles. The van der Waals surface area contributed by atoms with Gasteiger partial charge in [-0.15, -0.1) is 0 Å². The smallest absolute Gasteiger partial charge is 0.244 e. The average molecular weight is 530 g/mol. The first-order chi connectivity index (χ1) is 16.0. The Balaban J connectivity index is 2.46. The fourth-order valence-electron chi connectivity index (χ4n) is 3.41. The van der Waals surface area contributed by atoms with Gasteiger partial charge in [0.05, 0.1) is 24.1 Å². The van der Waals surface area contributed by atoms with Crippen LogP contribution in [0.4, 0.5) is 5.69 Å². The van der Waals surface area contributed by atoms with Gasteiger partial charge < -0.3 is 15.0 Å². The average Bonchev–Trinajstić information content (AvgIpc) is 2.78. The summed E-state index contributed by atoms with van der Waals surface area (Å²) in [6.07, 6.45) is 1.32. The molecule has 1 N–H and O–H groups in total. The highest BCUT2D eigenvalue weighted by Gasteiger charge is 2.32. The number of nitrogens with zero attached hydrogens (tertiary/aromatic N) is 2. The molecule has 34 heavy (non-hydrogen) atoms. The van der Waals surface area contributed by atoms with Crippen LogP contribution < -0.4 is 14.4 Å². The fraction of sp³-hybridized carbons (Fsp3) is 0.391. The molecule has 0 aromatic heterocycles. The van der Waals surface area contributed by atoms with E-state index >= 15 is 0 Å². The monoisotopic (exact) mass is 529 g/mol. The maximum Gasteiger partial charge on any atom is 0.244 e. The Hall–Kier alpha value is -2.49. The van der Waals surface area contributed by atoms with Gasteiger partial charge in [-0.3, -0.25) is 13.9 Å². The molecule has 1 atom stereocenters. The van der Waals surface area contributed by atoms with Gasteiger partial charge in [0.25, 0.3) is 0 Å². The second-order valence-corrected chi connectivity index (χ2v) is 10.3. The van der Waals surface area contributed by atoms with Gasteiger partial charge in [-0.05, 0) is 49.2 Å². The topological polar surface area (TPSA) is 96.0 Å². The van der Waals surface area contributed by atoms with Crippen LogP contribution in [0.2, 0.25) is 10.0 Å². The number of likely N-dealkylation sites (N-methyl/N-ethyl adjacent to an activating group) is 1. The Kier molecular flexibility index (Phi) is 10.0. The number of benzene rings is 2. The number of ether oxygens (including phenoxy) is 1. The van der Waals surface area contributed by atoms with Crippen LogP contribution in [0.3, 0.4) is 0 Å². The van der Waals surface area contributed by atoms with Crippen LogP contribution in [-0.2, 0) is 26.2 Å². The minimum absolute atomic E-state index is 0.0838. The molecule has 2 rings (SSSR count). The third kappa shape index (κ3) is 7.25. The molecule has 0 radical (unpaired) electrons. The quantitative estimate of drug-likeness (QED) is 0.478. The number of nitrogens with one attached hydrogen (secondary N) is 1. The predicted molar refractivity (Wildman–Crippen MR) is 135 cm³/mol. The van der Waals surface area contributed by atoms with Gasteiger partial charge in [0.1, 0.15) is 18.3 Å². The maximum atomic E-state index is 13.5. The summed E-state index contributed by atoms with van der Waals surface area (Å²) in [5.41, 5.74) is 0.837. The summed E-state index contributed by atoms with van der Waals surface area (Å²) in [4.78, 5) is 27.7. The molecule has 0 bridgehead atoms. The molecule has 0 heterocycles. The van der Waals surface area contributed by atoms with Crippen LogP contribution in [0.25, 0.3) is 0 Å². The number of anilines is 1. The van der Waals surface area contributed by atoms with Gasteiger partial charge in [0.2, 0.25) is 21.8 Å². The van der Waals surface area contributed by atoms with E-state index in [0.717, 1.165) is 16.1 Å². The summed E-state index contributed by atoms with van der Waals surface area (Å²) < 4.78 is 31.3. The Morgan fingerprint density at radius 2 is 1.74 bits per heavy atom. The second-order valence-electron chi connectivity index (χ2n) is 7.55. The molecular formula is C23H29Cl2N3O5S. The number of hydrogen-bond acceptors (Lipinski definition) is 5. The van der Waals surface area contributed by atoms with Crippen LogP contribution in [0.1, 0.15) is 25.8 Å². The lowest BCUT2D eigenvalue weighted by Gasteiger charge is -2.33. The van der Waals surface area contributed by atoms with Crippen LogP contribution in [0, 0.1) is 0 Å². The Morgan fingerprint density at radius 3 is 2.26 bits per heavy atom. The number of amides is 2. The van der Waals surface area contributed by atoms with E-state index in [2.05, 4.69) is 5.32 Å². The number of sulfonamides is 1. The highest BCUT2D eigenvalue weighted by molar-refractivity contribution is 7.92. The van der Waals surface area contributed by atoms with Crippen LogP contribution in [0.5, 0.6) is 5.75 Å². The van der Waals surface area contributed by atoms with Crippen molar-refractivity contribution < 1.29 is 22.7 Å². The lowest BCUT2D eigenvalue weighted by atomic mass is 10.1. The highest BCUT2D eigenvalue weighted by Crippen LogP contribution is 2.31. The SMILES string of the molecule is CCNC(=O)[C@H](CC)N(Cc1ccc(OC)cc1)C(=O)CN(c1cc(Cl)ccc1Cl)S(C)(=O)=O. The van der Waals surface area contributed by atoms with E-state index in [0.29, 0.717) is 18.7 Å². The first-order valence-electron chi connectivity index (χ1n) is 10.6. The molecule has 8 nitrogen and oxygen atoms in total. The van der Waals surface area contributed by atoms with E-state index in [1.54, 1.807) is 45.2 Å². The van der Waals surface area contributed by atoms with Crippen molar-refractivity contribution in [3.05, 3.63) is 58.1 Å². The molecule has 0 aliphatic heterocycles. The van der Waals surface area contributed by atoms with Crippen molar-refractivity contribution in [2.75, 3.05) is 30.8 Å². The summed E-state index contributed by atoms with van der Waals surface area (Å²) in [5, 5.41) is 3.14. The van der Waals surface area contributed by atoms with Crippen molar-refractivity contribution in [3.8, 4) is 5.75 Å². The summed E-state index contributed by atoms with van der Waals surface area (Å²) in [7, 11) is -2.36. The van der Waals surface area contributed by atoms with Crippen molar-refractivity contribution in [2.24, 2.45) is 0 Å². The molecule has 0 unspecified atom stereocenters. The van der Waals surface area contributed by atoms with E-state index in [4.69, 9.17) is 27.9 Å². The molecule has 2 aromatic carbocycles. The summed E-state index contributed by atoms with van der Waals surface area (Å²) >= 11 is 12.3. The van der Waals surface area contributed by atoms with E-state index in [9.17, 15) is 18.0 Å². The molecule has 2 aromatic rings. The van der Waals surface area contributed by atoms with Crippen LogP contribution >= 0.6 is 23.2 Å². The molecule has 0 saturated carbocycles. The fourth-order valence-corrected chi connectivity index (χ4v) is 4.70. The van der Waals surface area contributed by atoms with Gasteiger partial charge >= 0.3 is 0 Å². The number of carbonyl (C=O) groups is 2. The van der Waals surface area contributed by atoms with Crippen molar-refractivity contribution >= 4 is 50.7 Å².